The SMILES string of the molecule is CC(C)(C)n1nnc2ccc(-c3ccnc(Nc4ccc(C(=O)N5CCOCC5)cc4F)c3)cc21. The molecule has 9 heteroatoms. The van der Waals surface area contributed by atoms with Crippen molar-refractivity contribution in [1.82, 2.24) is 24.9 Å². The summed E-state index contributed by atoms with van der Waals surface area (Å²) in [6, 6.07) is 14.2. The van der Waals surface area contributed by atoms with E-state index in [1.165, 1.54) is 6.07 Å². The second-order valence-corrected chi connectivity index (χ2v) is 9.53. The third-order valence-corrected chi connectivity index (χ3v) is 5.95. The summed E-state index contributed by atoms with van der Waals surface area (Å²) in [6.07, 6.45) is 1.68. The van der Waals surface area contributed by atoms with Crippen molar-refractivity contribution in [3.63, 3.8) is 0 Å². The number of carbonyl (C=O) groups is 1. The predicted octanol–water partition coefficient (Wildman–Crippen LogP) is 4.60. The molecule has 8 nitrogen and oxygen atoms in total. The van der Waals surface area contributed by atoms with E-state index in [9.17, 15) is 9.18 Å². The fraction of sp³-hybridized carbons (Fsp3) is 0.308. The van der Waals surface area contributed by atoms with Crippen molar-refractivity contribution in [2.75, 3.05) is 31.6 Å². The maximum absolute atomic E-state index is 14.9. The van der Waals surface area contributed by atoms with E-state index in [0.29, 0.717) is 37.7 Å². The van der Waals surface area contributed by atoms with E-state index < -0.39 is 5.82 Å². The monoisotopic (exact) mass is 474 g/mol. The Morgan fingerprint density at radius 2 is 1.80 bits per heavy atom. The molecule has 0 bridgehead atoms. The first-order valence-corrected chi connectivity index (χ1v) is 11.6. The van der Waals surface area contributed by atoms with Crippen molar-refractivity contribution in [2.24, 2.45) is 0 Å². The summed E-state index contributed by atoms with van der Waals surface area (Å²) in [6.45, 7) is 8.25. The summed E-state index contributed by atoms with van der Waals surface area (Å²) < 4.78 is 22.1. The van der Waals surface area contributed by atoms with Crippen LogP contribution in [0.2, 0.25) is 0 Å². The van der Waals surface area contributed by atoms with Gasteiger partial charge in [0.1, 0.15) is 17.2 Å². The maximum atomic E-state index is 14.9. The van der Waals surface area contributed by atoms with Gasteiger partial charge in [-0.3, -0.25) is 4.79 Å². The first kappa shape index (κ1) is 22.9. The molecule has 35 heavy (non-hydrogen) atoms. The zero-order valence-electron chi connectivity index (χ0n) is 20.0. The van der Waals surface area contributed by atoms with Gasteiger partial charge in [-0.05, 0) is 74.4 Å². The van der Waals surface area contributed by atoms with E-state index in [-0.39, 0.29) is 17.1 Å². The van der Waals surface area contributed by atoms with E-state index in [0.717, 1.165) is 22.2 Å². The van der Waals surface area contributed by atoms with Gasteiger partial charge in [0.05, 0.1) is 30.0 Å². The van der Waals surface area contributed by atoms with Gasteiger partial charge in [0.25, 0.3) is 5.91 Å². The second-order valence-electron chi connectivity index (χ2n) is 9.53. The Morgan fingerprint density at radius 3 is 2.54 bits per heavy atom. The van der Waals surface area contributed by atoms with Gasteiger partial charge >= 0.3 is 0 Å². The highest BCUT2D eigenvalue weighted by molar-refractivity contribution is 5.94. The van der Waals surface area contributed by atoms with Crippen molar-refractivity contribution in [1.29, 1.82) is 0 Å². The number of benzene rings is 2. The van der Waals surface area contributed by atoms with Gasteiger partial charge in [0, 0.05) is 24.8 Å². The summed E-state index contributed by atoms with van der Waals surface area (Å²) in [4.78, 5) is 18.7. The van der Waals surface area contributed by atoms with Gasteiger partial charge in [0.2, 0.25) is 0 Å². The quantitative estimate of drug-likeness (QED) is 0.465. The number of hydrogen-bond donors (Lipinski definition) is 1. The van der Waals surface area contributed by atoms with E-state index in [1.54, 1.807) is 23.2 Å². The molecule has 2 aromatic heterocycles. The molecule has 4 aromatic rings. The highest BCUT2D eigenvalue weighted by atomic mass is 19.1. The minimum atomic E-state index is -0.516. The average molecular weight is 475 g/mol. The summed E-state index contributed by atoms with van der Waals surface area (Å²) >= 11 is 0. The number of anilines is 2. The number of amides is 1. The Bertz CT molecular complexity index is 1390. The molecule has 0 aliphatic carbocycles. The molecule has 1 aliphatic heterocycles. The van der Waals surface area contributed by atoms with Crippen molar-refractivity contribution < 1.29 is 13.9 Å². The Balaban J connectivity index is 1.38. The number of rotatable bonds is 4. The van der Waals surface area contributed by atoms with Crippen LogP contribution in [-0.2, 0) is 10.3 Å². The van der Waals surface area contributed by atoms with Crippen LogP contribution >= 0.6 is 0 Å². The Kier molecular flexibility index (Phi) is 5.94. The van der Waals surface area contributed by atoms with Crippen molar-refractivity contribution >= 4 is 28.4 Å². The highest BCUT2D eigenvalue weighted by Crippen LogP contribution is 2.28. The van der Waals surface area contributed by atoms with E-state index in [1.807, 2.05) is 35.0 Å². The highest BCUT2D eigenvalue weighted by Gasteiger charge is 2.20. The molecule has 5 rings (SSSR count). The summed E-state index contributed by atoms with van der Waals surface area (Å²) in [7, 11) is 0. The minimum Gasteiger partial charge on any atom is -0.378 e. The van der Waals surface area contributed by atoms with Crippen LogP contribution < -0.4 is 5.32 Å². The molecule has 0 radical (unpaired) electrons. The summed E-state index contributed by atoms with van der Waals surface area (Å²) in [5, 5.41) is 11.6. The van der Waals surface area contributed by atoms with Crippen molar-refractivity contribution in [3.8, 4) is 11.1 Å². The number of pyridine rings is 1. The Morgan fingerprint density at radius 1 is 1.03 bits per heavy atom. The van der Waals surface area contributed by atoms with Crippen molar-refractivity contribution in [3.05, 3.63) is 66.1 Å². The molecular weight excluding hydrogens is 447 g/mol. The first-order chi connectivity index (χ1) is 16.8. The number of carbonyl (C=O) groups excluding carboxylic acids is 1. The zero-order valence-corrected chi connectivity index (χ0v) is 20.0. The summed E-state index contributed by atoms with van der Waals surface area (Å²) in [5.74, 6) is -0.215. The number of hydrogen-bond acceptors (Lipinski definition) is 6. The normalized spacial score (nSPS) is 14.3. The number of aromatic nitrogens is 4. The average Bonchev–Trinajstić information content (AvgIpc) is 3.30. The molecule has 1 fully saturated rings. The van der Waals surface area contributed by atoms with Gasteiger partial charge in [0.15, 0.2) is 0 Å². The van der Waals surface area contributed by atoms with Gasteiger partial charge < -0.3 is 15.0 Å². The fourth-order valence-electron chi connectivity index (χ4n) is 4.11. The lowest BCUT2D eigenvalue weighted by molar-refractivity contribution is 0.0302. The Hall–Kier alpha value is -3.85. The fourth-order valence-corrected chi connectivity index (χ4v) is 4.11. The molecule has 0 spiro atoms. The predicted molar refractivity (Wildman–Crippen MR) is 132 cm³/mol. The number of nitrogens with zero attached hydrogens (tertiary/aromatic N) is 5. The Labute approximate surface area is 202 Å². The molecule has 1 saturated heterocycles. The molecule has 0 unspecified atom stereocenters. The second kappa shape index (κ2) is 9.07. The molecule has 3 heterocycles. The van der Waals surface area contributed by atoms with E-state index in [2.05, 4.69) is 41.4 Å². The van der Waals surface area contributed by atoms with Crippen LogP contribution in [0.15, 0.2) is 54.7 Å². The van der Waals surface area contributed by atoms with Crippen LogP contribution in [0.5, 0.6) is 0 Å². The van der Waals surface area contributed by atoms with Gasteiger partial charge in [-0.15, -0.1) is 5.10 Å². The number of nitrogens with one attached hydrogen (secondary N) is 1. The third kappa shape index (κ3) is 4.72. The largest absolute Gasteiger partial charge is 0.378 e. The number of fused-ring (bicyclic) bond motifs is 1. The lowest BCUT2D eigenvalue weighted by Gasteiger charge is -2.27. The molecule has 0 saturated carbocycles. The maximum Gasteiger partial charge on any atom is 0.254 e. The van der Waals surface area contributed by atoms with Crippen LogP contribution in [0.4, 0.5) is 15.9 Å². The standard InChI is InChI=1S/C26H27FN6O2/c1-26(2,3)33-23-15-17(4-7-22(23)30-31-33)18-8-9-28-24(16-18)29-21-6-5-19(14-20(21)27)25(34)32-10-12-35-13-11-32/h4-9,14-16H,10-13H2,1-3H3,(H,28,29). The molecular formula is C26H27FN6O2. The lowest BCUT2D eigenvalue weighted by Crippen LogP contribution is -2.40. The van der Waals surface area contributed by atoms with Crippen molar-refractivity contribution in [2.45, 2.75) is 26.3 Å². The molecule has 180 valence electrons. The van der Waals surface area contributed by atoms with Gasteiger partial charge in [-0.25, -0.2) is 14.1 Å². The smallest absolute Gasteiger partial charge is 0.254 e. The third-order valence-electron chi connectivity index (χ3n) is 5.95. The first-order valence-electron chi connectivity index (χ1n) is 11.6. The van der Waals surface area contributed by atoms with E-state index in [4.69, 9.17) is 4.74 Å². The van der Waals surface area contributed by atoms with Crippen LogP contribution in [0.25, 0.3) is 22.2 Å². The van der Waals surface area contributed by atoms with Crippen LogP contribution in [0, 0.1) is 5.82 Å². The lowest BCUT2D eigenvalue weighted by atomic mass is 10.0. The number of ether oxygens (including phenoxy) is 1. The van der Waals surface area contributed by atoms with E-state index >= 15 is 0 Å². The van der Waals surface area contributed by atoms with Crippen LogP contribution in [0.1, 0.15) is 31.1 Å². The molecule has 1 N–H and O–H groups in total. The molecule has 2 aromatic carbocycles. The number of halogens is 1. The molecule has 1 amide bonds. The van der Waals surface area contributed by atoms with Crippen LogP contribution in [-0.4, -0.2) is 57.1 Å². The van der Waals surface area contributed by atoms with Gasteiger partial charge in [-0.1, -0.05) is 11.3 Å². The van der Waals surface area contributed by atoms with Gasteiger partial charge in [-0.2, -0.15) is 0 Å². The number of morpholine rings is 1. The zero-order chi connectivity index (χ0) is 24.6. The topological polar surface area (TPSA) is 85.2 Å². The van der Waals surface area contributed by atoms with Crippen LogP contribution in [0.3, 0.4) is 0 Å². The minimum absolute atomic E-state index is 0.196. The summed E-state index contributed by atoms with van der Waals surface area (Å²) in [5.41, 5.74) is 4.02. The molecule has 1 aliphatic rings. The molecule has 0 atom stereocenters.